The van der Waals surface area contributed by atoms with Crippen molar-refractivity contribution in [3.63, 3.8) is 0 Å². The van der Waals surface area contributed by atoms with Crippen LogP contribution in [0.1, 0.15) is 67.0 Å². The molecular weight excluding hydrogens is 462 g/mol. The Bertz CT molecular complexity index is 978. The van der Waals surface area contributed by atoms with E-state index in [-0.39, 0.29) is 18.7 Å². The van der Waals surface area contributed by atoms with Gasteiger partial charge in [0.2, 0.25) is 5.91 Å². The molecule has 0 radical (unpaired) electrons. The fourth-order valence-corrected chi connectivity index (χ4v) is 3.38. The van der Waals surface area contributed by atoms with Crippen molar-refractivity contribution >= 4 is 23.7 Å². The van der Waals surface area contributed by atoms with Crippen LogP contribution in [0, 0.1) is 5.92 Å². The molecule has 2 rings (SSSR count). The van der Waals surface area contributed by atoms with Crippen LogP contribution in [0.4, 0.5) is 5.82 Å². The van der Waals surface area contributed by atoms with Crippen molar-refractivity contribution in [1.82, 2.24) is 9.55 Å². The van der Waals surface area contributed by atoms with E-state index in [0.717, 1.165) is 4.57 Å². The van der Waals surface area contributed by atoms with E-state index in [2.05, 4.69) is 10.3 Å². The second-order valence-electron chi connectivity index (χ2n) is 10.4. The summed E-state index contributed by atoms with van der Waals surface area (Å²) in [5.74, 6) is -3.19. The van der Waals surface area contributed by atoms with Crippen LogP contribution < -0.4 is 11.0 Å². The maximum absolute atomic E-state index is 12.6. The Labute approximate surface area is 203 Å². The van der Waals surface area contributed by atoms with Crippen molar-refractivity contribution in [2.45, 2.75) is 90.4 Å². The zero-order chi connectivity index (χ0) is 26.6. The molecule has 1 aliphatic heterocycles. The number of ether oxygens (including phenoxy) is 3. The Morgan fingerprint density at radius 2 is 1.80 bits per heavy atom. The lowest BCUT2D eigenvalue weighted by atomic mass is 10.00. The third kappa shape index (κ3) is 9.04. The quantitative estimate of drug-likeness (QED) is 0.439. The molecule has 2 heterocycles. The molecule has 1 fully saturated rings. The van der Waals surface area contributed by atoms with Crippen molar-refractivity contribution < 1.29 is 38.8 Å². The number of rotatable bonds is 8. The van der Waals surface area contributed by atoms with Gasteiger partial charge in [-0.05, 0) is 47.6 Å². The van der Waals surface area contributed by atoms with E-state index in [1.165, 1.54) is 12.3 Å². The largest absolute Gasteiger partial charge is 0.460 e. The van der Waals surface area contributed by atoms with Crippen molar-refractivity contribution in [3.05, 3.63) is 22.7 Å². The molecule has 12 nitrogen and oxygen atoms in total. The van der Waals surface area contributed by atoms with Gasteiger partial charge in [-0.2, -0.15) is 4.98 Å². The number of aromatic nitrogens is 2. The lowest BCUT2D eigenvalue weighted by Gasteiger charge is -2.25. The Hall–Kier alpha value is -2.83. The number of hydrogen-bond donors (Lipinski definition) is 3. The number of carbonyl (C=O) groups is 3. The van der Waals surface area contributed by atoms with E-state index < -0.39 is 72.1 Å². The molecule has 0 spiro atoms. The Kier molecular flexibility index (Phi) is 9.15. The molecule has 3 N–H and O–H groups in total. The predicted molar refractivity (Wildman–Crippen MR) is 123 cm³/mol. The molecule has 1 aromatic rings. The van der Waals surface area contributed by atoms with E-state index in [1.54, 1.807) is 41.5 Å². The fourth-order valence-electron chi connectivity index (χ4n) is 3.38. The van der Waals surface area contributed by atoms with Gasteiger partial charge in [0.1, 0.15) is 29.4 Å². The molecule has 0 aliphatic carbocycles. The van der Waals surface area contributed by atoms with Crippen LogP contribution in [0.15, 0.2) is 17.1 Å². The SMILES string of the molecule is CC(C)(C)OC(=O)C[C@@H](CC(=O)Nc1ccn([C@H]2CC(O)[C@@H](CO)O2)c(=O)n1)C(=O)OC(C)(C)C. The number of amides is 1. The van der Waals surface area contributed by atoms with Crippen LogP contribution in [-0.2, 0) is 28.6 Å². The Morgan fingerprint density at radius 3 is 2.31 bits per heavy atom. The fraction of sp³-hybridized carbons (Fsp3) is 0.696. The summed E-state index contributed by atoms with van der Waals surface area (Å²) in [4.78, 5) is 53.8. The monoisotopic (exact) mass is 497 g/mol. The molecule has 1 unspecified atom stereocenters. The molecule has 4 atom stereocenters. The standard InChI is InChI=1S/C23H35N3O9/c1-22(2,3)34-19(30)10-13(20(31)35-23(4,5)6)9-17(29)24-16-7-8-26(21(32)25-16)18-11-14(28)15(12-27)33-18/h7-8,13-15,18,27-28H,9-12H2,1-6H3,(H,24,25,29,32)/t13-,14?,15-,18-/m1/s1. The maximum Gasteiger partial charge on any atom is 0.351 e. The zero-order valence-corrected chi connectivity index (χ0v) is 20.9. The van der Waals surface area contributed by atoms with Gasteiger partial charge in [0.25, 0.3) is 0 Å². The first-order valence-corrected chi connectivity index (χ1v) is 11.4. The highest BCUT2D eigenvalue weighted by Gasteiger charge is 2.35. The highest BCUT2D eigenvalue weighted by Crippen LogP contribution is 2.27. The number of anilines is 1. The number of carbonyl (C=O) groups excluding carboxylic acids is 3. The van der Waals surface area contributed by atoms with E-state index in [9.17, 15) is 29.4 Å². The first-order chi connectivity index (χ1) is 16.1. The third-order valence-electron chi connectivity index (χ3n) is 4.80. The second kappa shape index (κ2) is 11.3. The van der Waals surface area contributed by atoms with Gasteiger partial charge in [-0.3, -0.25) is 19.0 Å². The highest BCUT2D eigenvalue weighted by molar-refractivity contribution is 5.93. The average Bonchev–Trinajstić information content (AvgIpc) is 3.05. The summed E-state index contributed by atoms with van der Waals surface area (Å²) in [6, 6.07) is 1.36. The number of nitrogens with one attached hydrogen (secondary N) is 1. The summed E-state index contributed by atoms with van der Waals surface area (Å²) in [5.41, 5.74) is -2.32. The molecule has 0 saturated carbocycles. The Balaban J connectivity index is 2.09. The molecule has 196 valence electrons. The molecule has 0 bridgehead atoms. The smallest absolute Gasteiger partial charge is 0.351 e. The molecule has 1 amide bonds. The first kappa shape index (κ1) is 28.4. The van der Waals surface area contributed by atoms with Gasteiger partial charge in [-0.1, -0.05) is 0 Å². The molecular formula is C23H35N3O9. The minimum atomic E-state index is -1.10. The summed E-state index contributed by atoms with van der Waals surface area (Å²) in [6.45, 7) is 9.69. The van der Waals surface area contributed by atoms with E-state index in [1.807, 2.05) is 0 Å². The summed E-state index contributed by atoms with van der Waals surface area (Å²) >= 11 is 0. The topological polar surface area (TPSA) is 166 Å². The van der Waals surface area contributed by atoms with Crippen molar-refractivity contribution in [2.24, 2.45) is 5.92 Å². The van der Waals surface area contributed by atoms with Crippen LogP contribution >= 0.6 is 0 Å². The number of hydrogen-bond acceptors (Lipinski definition) is 10. The Morgan fingerprint density at radius 1 is 1.17 bits per heavy atom. The van der Waals surface area contributed by atoms with Crippen molar-refractivity contribution in [1.29, 1.82) is 0 Å². The number of nitrogens with zero attached hydrogens (tertiary/aromatic N) is 2. The highest BCUT2D eigenvalue weighted by atomic mass is 16.6. The van der Waals surface area contributed by atoms with E-state index in [0.29, 0.717) is 0 Å². The molecule has 1 aliphatic rings. The van der Waals surface area contributed by atoms with Gasteiger partial charge in [-0.25, -0.2) is 4.79 Å². The van der Waals surface area contributed by atoms with Crippen molar-refractivity contribution in [3.8, 4) is 0 Å². The average molecular weight is 498 g/mol. The van der Waals surface area contributed by atoms with Gasteiger partial charge in [0, 0.05) is 19.0 Å². The van der Waals surface area contributed by atoms with Crippen LogP contribution in [0.2, 0.25) is 0 Å². The minimum Gasteiger partial charge on any atom is -0.460 e. The lowest BCUT2D eigenvalue weighted by Crippen LogP contribution is -2.34. The lowest BCUT2D eigenvalue weighted by molar-refractivity contribution is -0.167. The normalized spacial score (nSPS) is 21.3. The minimum absolute atomic E-state index is 0.0614. The van der Waals surface area contributed by atoms with Gasteiger partial charge in [-0.15, -0.1) is 0 Å². The number of aliphatic hydroxyl groups is 2. The van der Waals surface area contributed by atoms with Gasteiger partial charge in [0.05, 0.1) is 25.0 Å². The number of esters is 2. The van der Waals surface area contributed by atoms with Gasteiger partial charge < -0.3 is 29.7 Å². The summed E-state index contributed by atoms with van der Waals surface area (Å²) < 4.78 is 17.2. The summed E-state index contributed by atoms with van der Waals surface area (Å²) in [6.07, 6.45) is -1.85. The summed E-state index contributed by atoms with van der Waals surface area (Å²) in [5, 5.41) is 21.5. The molecule has 0 aromatic carbocycles. The molecule has 1 aromatic heterocycles. The van der Waals surface area contributed by atoms with Gasteiger partial charge in [0.15, 0.2) is 0 Å². The first-order valence-electron chi connectivity index (χ1n) is 11.4. The maximum atomic E-state index is 12.6. The van der Waals surface area contributed by atoms with Crippen LogP contribution in [0.3, 0.4) is 0 Å². The molecule has 35 heavy (non-hydrogen) atoms. The van der Waals surface area contributed by atoms with Gasteiger partial charge >= 0.3 is 17.6 Å². The van der Waals surface area contributed by atoms with Crippen LogP contribution in [0.5, 0.6) is 0 Å². The zero-order valence-electron chi connectivity index (χ0n) is 20.9. The van der Waals surface area contributed by atoms with E-state index >= 15 is 0 Å². The second-order valence-corrected chi connectivity index (χ2v) is 10.4. The molecule has 12 heteroatoms. The van der Waals surface area contributed by atoms with Crippen LogP contribution in [0.25, 0.3) is 0 Å². The third-order valence-corrected chi connectivity index (χ3v) is 4.80. The van der Waals surface area contributed by atoms with Crippen LogP contribution in [-0.4, -0.2) is 67.6 Å². The predicted octanol–water partition coefficient (Wildman–Crippen LogP) is 0.902. The van der Waals surface area contributed by atoms with Crippen molar-refractivity contribution in [2.75, 3.05) is 11.9 Å². The molecule has 1 saturated heterocycles. The van der Waals surface area contributed by atoms with E-state index in [4.69, 9.17) is 14.2 Å². The number of aliphatic hydroxyl groups excluding tert-OH is 2. The summed E-state index contributed by atoms with van der Waals surface area (Å²) in [7, 11) is 0.